The number of halogens is 1. The van der Waals surface area contributed by atoms with Gasteiger partial charge in [-0.3, -0.25) is 4.79 Å². The van der Waals surface area contributed by atoms with Gasteiger partial charge in [0.25, 0.3) is 0 Å². The highest BCUT2D eigenvalue weighted by atomic mass is 35.5. The van der Waals surface area contributed by atoms with Gasteiger partial charge in [-0.25, -0.2) is 18.1 Å². The van der Waals surface area contributed by atoms with Gasteiger partial charge in [0.05, 0.1) is 13.5 Å². The fraction of sp³-hybridized carbons (Fsp3) is 0.333. The number of nitrogens with zero attached hydrogens (tertiary/aromatic N) is 1. The Morgan fingerprint density at radius 1 is 1.59 bits per heavy atom. The lowest BCUT2D eigenvalue weighted by Gasteiger charge is -2.06. The van der Waals surface area contributed by atoms with Crippen molar-refractivity contribution in [2.45, 2.75) is 11.3 Å². The second kappa shape index (κ2) is 5.95. The van der Waals surface area contributed by atoms with E-state index < -0.39 is 16.0 Å². The highest BCUT2D eigenvalue weighted by Crippen LogP contribution is 2.17. The van der Waals surface area contributed by atoms with Gasteiger partial charge in [-0.1, -0.05) is 11.6 Å². The largest absolute Gasteiger partial charge is 0.469 e. The van der Waals surface area contributed by atoms with E-state index in [9.17, 15) is 13.2 Å². The van der Waals surface area contributed by atoms with Crippen molar-refractivity contribution >= 4 is 27.6 Å². The number of carbonyl (C=O) groups excluding carboxylic acids is 1. The molecule has 1 rings (SSSR count). The third kappa shape index (κ3) is 3.95. The minimum absolute atomic E-state index is 0.0480. The van der Waals surface area contributed by atoms with Crippen molar-refractivity contribution in [1.29, 1.82) is 0 Å². The SMILES string of the molecule is COC(=O)CCNS(=O)(=O)c1cccnc1Cl. The summed E-state index contributed by atoms with van der Waals surface area (Å²) in [6.07, 6.45) is 1.34. The molecule has 0 unspecified atom stereocenters. The number of aromatic nitrogens is 1. The molecule has 0 aromatic carbocycles. The van der Waals surface area contributed by atoms with Gasteiger partial charge in [0, 0.05) is 12.7 Å². The van der Waals surface area contributed by atoms with Gasteiger partial charge in [0.15, 0.2) is 0 Å². The van der Waals surface area contributed by atoms with E-state index in [1.165, 1.54) is 25.4 Å². The Kier molecular flexibility index (Phi) is 4.86. The van der Waals surface area contributed by atoms with Crippen molar-refractivity contribution in [3.63, 3.8) is 0 Å². The molecule has 0 aliphatic carbocycles. The predicted molar refractivity (Wildman–Crippen MR) is 61.1 cm³/mol. The van der Waals surface area contributed by atoms with Crippen LogP contribution in [0.15, 0.2) is 23.2 Å². The molecule has 1 heterocycles. The van der Waals surface area contributed by atoms with Crippen LogP contribution in [0.2, 0.25) is 5.15 Å². The van der Waals surface area contributed by atoms with Gasteiger partial charge in [-0.15, -0.1) is 0 Å². The number of methoxy groups -OCH3 is 1. The molecule has 1 N–H and O–H groups in total. The first-order chi connectivity index (χ1) is 7.97. The molecule has 0 amide bonds. The highest BCUT2D eigenvalue weighted by Gasteiger charge is 2.18. The molecule has 0 radical (unpaired) electrons. The van der Waals surface area contributed by atoms with Crippen LogP contribution in [0.5, 0.6) is 0 Å². The predicted octanol–water partition coefficient (Wildman–Crippen LogP) is 0.576. The van der Waals surface area contributed by atoms with E-state index in [0.717, 1.165) is 0 Å². The number of hydrogen-bond acceptors (Lipinski definition) is 5. The second-order valence-corrected chi connectivity index (χ2v) is 5.11. The van der Waals surface area contributed by atoms with Crippen molar-refractivity contribution < 1.29 is 17.9 Å². The zero-order chi connectivity index (χ0) is 12.9. The number of carbonyl (C=O) groups is 1. The Hall–Kier alpha value is -1.18. The number of ether oxygens (including phenoxy) is 1. The molecule has 0 saturated heterocycles. The van der Waals surface area contributed by atoms with E-state index >= 15 is 0 Å². The smallest absolute Gasteiger partial charge is 0.306 e. The van der Waals surface area contributed by atoms with Crippen LogP contribution >= 0.6 is 11.6 Å². The van der Waals surface area contributed by atoms with Gasteiger partial charge in [-0.2, -0.15) is 0 Å². The molecule has 94 valence electrons. The molecular formula is C9H11ClN2O4S. The molecule has 0 saturated carbocycles. The zero-order valence-corrected chi connectivity index (χ0v) is 10.6. The lowest BCUT2D eigenvalue weighted by atomic mass is 10.4. The number of rotatable bonds is 5. The van der Waals surface area contributed by atoms with Crippen LogP contribution < -0.4 is 4.72 Å². The summed E-state index contributed by atoms with van der Waals surface area (Å²) in [6.45, 7) is -0.0553. The maximum atomic E-state index is 11.7. The molecule has 17 heavy (non-hydrogen) atoms. The van der Waals surface area contributed by atoms with Gasteiger partial charge >= 0.3 is 5.97 Å². The van der Waals surface area contributed by atoms with E-state index in [1.54, 1.807) is 0 Å². The van der Waals surface area contributed by atoms with E-state index in [-0.39, 0.29) is 23.0 Å². The normalized spacial score (nSPS) is 11.2. The first kappa shape index (κ1) is 13.9. The van der Waals surface area contributed by atoms with E-state index in [2.05, 4.69) is 14.4 Å². The van der Waals surface area contributed by atoms with Crippen LogP contribution in [0.3, 0.4) is 0 Å². The number of hydrogen-bond donors (Lipinski definition) is 1. The van der Waals surface area contributed by atoms with Crippen molar-refractivity contribution in [2.24, 2.45) is 0 Å². The highest BCUT2D eigenvalue weighted by molar-refractivity contribution is 7.89. The van der Waals surface area contributed by atoms with Crippen molar-refractivity contribution in [3.05, 3.63) is 23.5 Å². The Morgan fingerprint density at radius 2 is 2.29 bits per heavy atom. The number of nitrogens with one attached hydrogen (secondary N) is 1. The Morgan fingerprint density at radius 3 is 2.88 bits per heavy atom. The lowest BCUT2D eigenvalue weighted by Crippen LogP contribution is -2.27. The van der Waals surface area contributed by atoms with Crippen molar-refractivity contribution in [3.8, 4) is 0 Å². The Balaban J connectivity index is 2.70. The number of sulfonamides is 1. The van der Waals surface area contributed by atoms with Crippen LogP contribution in [-0.2, 0) is 19.6 Å². The topological polar surface area (TPSA) is 85.4 Å². The molecule has 1 aromatic heterocycles. The molecule has 0 aliphatic rings. The van der Waals surface area contributed by atoms with Crippen LogP contribution in [-0.4, -0.2) is 33.0 Å². The molecule has 0 bridgehead atoms. The van der Waals surface area contributed by atoms with Crippen LogP contribution in [0.1, 0.15) is 6.42 Å². The third-order valence-corrected chi connectivity index (χ3v) is 3.77. The summed E-state index contributed by atoms with van der Waals surface area (Å²) in [6, 6.07) is 2.79. The van der Waals surface area contributed by atoms with Crippen molar-refractivity contribution in [2.75, 3.05) is 13.7 Å². The van der Waals surface area contributed by atoms with Crippen molar-refractivity contribution in [1.82, 2.24) is 9.71 Å². The average Bonchev–Trinajstić information content (AvgIpc) is 2.28. The maximum Gasteiger partial charge on any atom is 0.306 e. The number of esters is 1. The fourth-order valence-corrected chi connectivity index (χ4v) is 2.52. The summed E-state index contributed by atoms with van der Waals surface area (Å²) in [4.78, 5) is 14.3. The summed E-state index contributed by atoms with van der Waals surface area (Å²) < 4.78 is 30.1. The fourth-order valence-electron chi connectivity index (χ4n) is 1.04. The van der Waals surface area contributed by atoms with Gasteiger partial charge in [0.2, 0.25) is 10.0 Å². The van der Waals surface area contributed by atoms with E-state index in [4.69, 9.17) is 11.6 Å². The molecule has 0 aliphatic heterocycles. The lowest BCUT2D eigenvalue weighted by molar-refractivity contribution is -0.140. The van der Waals surface area contributed by atoms with Gasteiger partial charge in [-0.05, 0) is 12.1 Å². The molecule has 0 fully saturated rings. The quantitative estimate of drug-likeness (QED) is 0.629. The van der Waals surface area contributed by atoms with E-state index in [0.29, 0.717) is 0 Å². The minimum atomic E-state index is -3.75. The molecule has 0 atom stereocenters. The molecule has 6 nitrogen and oxygen atoms in total. The molecular weight excluding hydrogens is 268 g/mol. The molecule has 0 spiro atoms. The summed E-state index contributed by atoms with van der Waals surface area (Å²) in [5.74, 6) is -0.495. The maximum absolute atomic E-state index is 11.7. The van der Waals surface area contributed by atoms with E-state index in [1.807, 2.05) is 0 Å². The second-order valence-electron chi connectivity index (χ2n) is 3.02. The summed E-state index contributed by atoms with van der Waals surface area (Å²) in [7, 11) is -2.52. The molecule has 8 heteroatoms. The first-order valence-electron chi connectivity index (χ1n) is 4.64. The van der Waals surface area contributed by atoms with Crippen LogP contribution in [0, 0.1) is 0 Å². The zero-order valence-electron chi connectivity index (χ0n) is 9.01. The van der Waals surface area contributed by atoms with Gasteiger partial charge < -0.3 is 4.74 Å². The van der Waals surface area contributed by atoms with Gasteiger partial charge in [0.1, 0.15) is 10.0 Å². The summed E-state index contributed by atoms with van der Waals surface area (Å²) >= 11 is 5.66. The Bertz CT molecular complexity index is 503. The first-order valence-corrected chi connectivity index (χ1v) is 6.50. The molecule has 1 aromatic rings. The average molecular weight is 279 g/mol. The summed E-state index contributed by atoms with van der Waals surface area (Å²) in [5, 5.41) is -0.113. The standard InChI is InChI=1S/C9H11ClN2O4S/c1-16-8(13)4-6-12-17(14,15)7-3-2-5-11-9(7)10/h2-3,5,12H,4,6H2,1H3. The Labute approximate surface area is 104 Å². The van der Waals surface area contributed by atoms with Crippen LogP contribution in [0.25, 0.3) is 0 Å². The third-order valence-electron chi connectivity index (χ3n) is 1.86. The van der Waals surface area contributed by atoms with Crippen LogP contribution in [0.4, 0.5) is 0 Å². The minimum Gasteiger partial charge on any atom is -0.469 e. The monoisotopic (exact) mass is 278 g/mol. The number of pyridine rings is 1. The summed E-state index contributed by atoms with van der Waals surface area (Å²) in [5.41, 5.74) is 0.